The van der Waals surface area contributed by atoms with Crippen LogP contribution in [0.2, 0.25) is 0 Å². The van der Waals surface area contributed by atoms with Gasteiger partial charge in [-0.3, -0.25) is 4.79 Å². The molecule has 17 heavy (non-hydrogen) atoms. The molecule has 0 atom stereocenters. The minimum Gasteiger partial charge on any atom is -0.482 e. The topological polar surface area (TPSA) is 52.6 Å². The lowest BCUT2D eigenvalue weighted by molar-refractivity contribution is -0.142. The van der Waals surface area contributed by atoms with E-state index < -0.39 is 5.97 Å². The molecular formula is C13H16O4. The Hall–Kier alpha value is -1.84. The average molecular weight is 236 g/mol. The van der Waals surface area contributed by atoms with Gasteiger partial charge >= 0.3 is 5.97 Å². The SMILES string of the molecule is CCCC(=O)c1ccc(OCC(=O)OC)cc1. The van der Waals surface area contributed by atoms with Crippen LogP contribution in [0, 0.1) is 0 Å². The van der Waals surface area contributed by atoms with E-state index in [0.29, 0.717) is 17.7 Å². The highest BCUT2D eigenvalue weighted by atomic mass is 16.6. The van der Waals surface area contributed by atoms with Gasteiger partial charge in [0.2, 0.25) is 0 Å². The summed E-state index contributed by atoms with van der Waals surface area (Å²) in [7, 11) is 1.30. The van der Waals surface area contributed by atoms with Crippen LogP contribution in [0.1, 0.15) is 30.1 Å². The third-order valence-electron chi connectivity index (χ3n) is 2.24. The number of hydrogen-bond donors (Lipinski definition) is 0. The van der Waals surface area contributed by atoms with E-state index in [2.05, 4.69) is 4.74 Å². The van der Waals surface area contributed by atoms with Gasteiger partial charge in [0, 0.05) is 12.0 Å². The van der Waals surface area contributed by atoms with Crippen LogP contribution in [-0.2, 0) is 9.53 Å². The Balaban J connectivity index is 2.56. The summed E-state index contributed by atoms with van der Waals surface area (Å²) < 4.78 is 9.62. The highest BCUT2D eigenvalue weighted by molar-refractivity contribution is 5.96. The molecule has 1 aromatic carbocycles. The fourth-order valence-electron chi connectivity index (χ4n) is 1.31. The number of ketones is 1. The zero-order valence-electron chi connectivity index (χ0n) is 10.1. The molecule has 0 fully saturated rings. The zero-order chi connectivity index (χ0) is 12.7. The molecule has 0 bridgehead atoms. The fraction of sp³-hybridized carbons (Fsp3) is 0.385. The van der Waals surface area contributed by atoms with E-state index in [-0.39, 0.29) is 12.4 Å². The number of carbonyl (C=O) groups excluding carboxylic acids is 2. The minimum atomic E-state index is -0.434. The maximum Gasteiger partial charge on any atom is 0.343 e. The van der Waals surface area contributed by atoms with Crippen molar-refractivity contribution >= 4 is 11.8 Å². The Kier molecular flexibility index (Phi) is 5.20. The lowest BCUT2D eigenvalue weighted by Crippen LogP contribution is -2.12. The summed E-state index contributed by atoms with van der Waals surface area (Å²) in [5.74, 6) is 0.228. The van der Waals surface area contributed by atoms with Gasteiger partial charge in [-0.2, -0.15) is 0 Å². The minimum absolute atomic E-state index is 0.118. The third-order valence-corrected chi connectivity index (χ3v) is 2.24. The molecule has 0 saturated carbocycles. The molecule has 0 unspecified atom stereocenters. The van der Waals surface area contributed by atoms with Gasteiger partial charge in [-0.1, -0.05) is 6.92 Å². The number of carbonyl (C=O) groups is 2. The predicted octanol–water partition coefficient (Wildman–Crippen LogP) is 2.22. The molecular weight excluding hydrogens is 220 g/mol. The lowest BCUT2D eigenvalue weighted by Gasteiger charge is -2.05. The monoisotopic (exact) mass is 236 g/mol. The number of Topliss-reactive ketones (excluding diaryl/α,β-unsaturated/α-hetero) is 1. The van der Waals surface area contributed by atoms with Crippen LogP contribution in [0.3, 0.4) is 0 Å². The quantitative estimate of drug-likeness (QED) is 0.561. The second-order valence-electron chi connectivity index (χ2n) is 3.56. The van der Waals surface area contributed by atoms with Crippen molar-refractivity contribution < 1.29 is 19.1 Å². The summed E-state index contributed by atoms with van der Waals surface area (Å²) in [6.07, 6.45) is 1.38. The van der Waals surface area contributed by atoms with E-state index in [1.807, 2.05) is 6.92 Å². The van der Waals surface area contributed by atoms with Crippen molar-refractivity contribution in [2.45, 2.75) is 19.8 Å². The van der Waals surface area contributed by atoms with E-state index >= 15 is 0 Å². The van der Waals surface area contributed by atoms with Crippen molar-refractivity contribution in [3.63, 3.8) is 0 Å². The first-order valence-electron chi connectivity index (χ1n) is 5.50. The van der Waals surface area contributed by atoms with Gasteiger partial charge in [0.05, 0.1) is 7.11 Å². The van der Waals surface area contributed by atoms with Crippen molar-refractivity contribution in [3.05, 3.63) is 29.8 Å². The maximum absolute atomic E-state index is 11.6. The van der Waals surface area contributed by atoms with Gasteiger partial charge in [-0.25, -0.2) is 4.79 Å². The molecule has 92 valence electrons. The van der Waals surface area contributed by atoms with Crippen molar-refractivity contribution in [2.24, 2.45) is 0 Å². The molecule has 1 rings (SSSR count). The molecule has 4 nitrogen and oxygen atoms in total. The molecule has 0 radical (unpaired) electrons. The van der Waals surface area contributed by atoms with Crippen molar-refractivity contribution in [2.75, 3.05) is 13.7 Å². The van der Waals surface area contributed by atoms with Gasteiger partial charge < -0.3 is 9.47 Å². The lowest BCUT2D eigenvalue weighted by atomic mass is 10.1. The first-order valence-corrected chi connectivity index (χ1v) is 5.50. The maximum atomic E-state index is 11.6. The Morgan fingerprint density at radius 3 is 2.35 bits per heavy atom. The first kappa shape index (κ1) is 13.2. The number of methoxy groups -OCH3 is 1. The number of esters is 1. The Labute approximate surface area is 101 Å². The zero-order valence-corrected chi connectivity index (χ0v) is 10.1. The smallest absolute Gasteiger partial charge is 0.343 e. The van der Waals surface area contributed by atoms with E-state index in [4.69, 9.17) is 4.74 Å². The number of rotatable bonds is 6. The molecule has 0 heterocycles. The van der Waals surface area contributed by atoms with Crippen LogP contribution in [0.5, 0.6) is 5.75 Å². The highest BCUT2D eigenvalue weighted by Gasteiger charge is 2.05. The van der Waals surface area contributed by atoms with E-state index in [1.54, 1.807) is 24.3 Å². The van der Waals surface area contributed by atoms with Crippen molar-refractivity contribution in [1.82, 2.24) is 0 Å². The van der Waals surface area contributed by atoms with Crippen molar-refractivity contribution in [3.8, 4) is 5.75 Å². The molecule has 0 amide bonds. The Bertz CT molecular complexity index is 381. The molecule has 1 aromatic rings. The molecule has 4 heteroatoms. The fourth-order valence-corrected chi connectivity index (χ4v) is 1.31. The number of hydrogen-bond acceptors (Lipinski definition) is 4. The first-order chi connectivity index (χ1) is 8.17. The summed E-state index contributed by atoms with van der Waals surface area (Å²) >= 11 is 0. The van der Waals surface area contributed by atoms with E-state index in [1.165, 1.54) is 7.11 Å². The third kappa shape index (κ3) is 4.26. The van der Waals surface area contributed by atoms with Crippen LogP contribution in [-0.4, -0.2) is 25.5 Å². The molecule has 0 aliphatic heterocycles. The van der Waals surface area contributed by atoms with Gasteiger partial charge in [0.15, 0.2) is 12.4 Å². The van der Waals surface area contributed by atoms with Crippen LogP contribution < -0.4 is 4.74 Å². The number of benzene rings is 1. The van der Waals surface area contributed by atoms with Crippen LogP contribution in [0.15, 0.2) is 24.3 Å². The Morgan fingerprint density at radius 2 is 1.82 bits per heavy atom. The van der Waals surface area contributed by atoms with E-state index in [9.17, 15) is 9.59 Å². The standard InChI is InChI=1S/C13H16O4/c1-3-4-12(14)10-5-7-11(8-6-10)17-9-13(15)16-2/h5-8H,3-4,9H2,1-2H3. The van der Waals surface area contributed by atoms with Crippen molar-refractivity contribution in [1.29, 1.82) is 0 Å². The van der Waals surface area contributed by atoms with Gasteiger partial charge in [0.1, 0.15) is 5.75 Å². The van der Waals surface area contributed by atoms with E-state index in [0.717, 1.165) is 6.42 Å². The molecule has 0 saturated heterocycles. The molecule has 0 spiro atoms. The highest BCUT2D eigenvalue weighted by Crippen LogP contribution is 2.14. The summed E-state index contributed by atoms with van der Waals surface area (Å²) in [5, 5.41) is 0. The normalized spacial score (nSPS) is 9.76. The summed E-state index contributed by atoms with van der Waals surface area (Å²) in [6, 6.07) is 6.74. The molecule has 0 aromatic heterocycles. The second-order valence-corrected chi connectivity index (χ2v) is 3.56. The summed E-state index contributed by atoms with van der Waals surface area (Å²) in [5.41, 5.74) is 0.664. The Morgan fingerprint density at radius 1 is 1.18 bits per heavy atom. The second kappa shape index (κ2) is 6.68. The van der Waals surface area contributed by atoms with Crippen LogP contribution in [0.4, 0.5) is 0 Å². The van der Waals surface area contributed by atoms with Gasteiger partial charge in [-0.05, 0) is 30.7 Å². The summed E-state index contributed by atoms with van der Waals surface area (Å²) in [4.78, 5) is 22.4. The molecule has 0 N–H and O–H groups in total. The number of ether oxygens (including phenoxy) is 2. The largest absolute Gasteiger partial charge is 0.482 e. The van der Waals surface area contributed by atoms with Crippen LogP contribution >= 0.6 is 0 Å². The van der Waals surface area contributed by atoms with Gasteiger partial charge in [-0.15, -0.1) is 0 Å². The molecule has 0 aliphatic carbocycles. The van der Waals surface area contributed by atoms with Gasteiger partial charge in [0.25, 0.3) is 0 Å². The predicted molar refractivity (Wildman–Crippen MR) is 63.2 cm³/mol. The molecule has 0 aliphatic rings. The average Bonchev–Trinajstić information content (AvgIpc) is 2.36. The van der Waals surface area contributed by atoms with Crippen LogP contribution in [0.25, 0.3) is 0 Å². The summed E-state index contributed by atoms with van der Waals surface area (Å²) in [6.45, 7) is 1.84.